The Morgan fingerprint density at radius 2 is 1.98 bits per heavy atom. The van der Waals surface area contributed by atoms with Crippen LogP contribution in [0.3, 0.4) is 0 Å². The van der Waals surface area contributed by atoms with Gasteiger partial charge in [0.2, 0.25) is 0 Å². The molecule has 5 rings (SSSR count). The minimum Gasteiger partial charge on any atom is -0.458 e. The van der Waals surface area contributed by atoms with Gasteiger partial charge in [0.25, 0.3) is 11.8 Å². The maximum absolute atomic E-state index is 13.7. The number of fused-ring (bicyclic) bond motifs is 2. The zero-order valence-corrected chi connectivity index (χ0v) is 22.9. The smallest absolute Gasteiger partial charge is 0.387 e. The van der Waals surface area contributed by atoms with E-state index >= 15 is 0 Å². The van der Waals surface area contributed by atoms with Crippen LogP contribution in [0.25, 0.3) is 5.65 Å². The monoisotopic (exact) mass is 593 g/mol. The summed E-state index contributed by atoms with van der Waals surface area (Å²) in [5.74, 6) is -3.21. The predicted octanol–water partition coefficient (Wildman–Crippen LogP) is 4.47. The number of hydrogen-bond acceptors (Lipinski definition) is 7. The molecule has 0 saturated heterocycles. The molecule has 2 aromatic carbocycles. The maximum Gasteiger partial charge on any atom is 0.387 e. The van der Waals surface area contributed by atoms with Crippen molar-refractivity contribution in [2.24, 2.45) is 0 Å². The molecule has 0 fully saturated rings. The minimum atomic E-state index is -3.21. The van der Waals surface area contributed by atoms with Gasteiger partial charge in [0.05, 0.1) is 17.8 Å². The highest BCUT2D eigenvalue weighted by Crippen LogP contribution is 2.35. The van der Waals surface area contributed by atoms with Crippen LogP contribution in [0.4, 0.5) is 13.2 Å². The fourth-order valence-electron chi connectivity index (χ4n) is 5.00. The molecule has 2 heterocycles. The Balaban J connectivity index is 1.33. The average Bonchev–Trinajstić information content (AvgIpc) is 3.63. The first-order valence-corrected chi connectivity index (χ1v) is 13.2. The van der Waals surface area contributed by atoms with Crippen molar-refractivity contribution in [2.75, 3.05) is 6.61 Å². The van der Waals surface area contributed by atoms with Gasteiger partial charge in [-0.15, -0.1) is 0 Å². The highest BCUT2D eigenvalue weighted by Gasteiger charge is 2.29. The molecule has 1 aliphatic carbocycles. The lowest BCUT2D eigenvalue weighted by molar-refractivity contribution is -0.0522. The van der Waals surface area contributed by atoms with E-state index in [1.54, 1.807) is 12.1 Å². The topological polar surface area (TPSA) is 124 Å². The van der Waals surface area contributed by atoms with Gasteiger partial charge in [-0.3, -0.25) is 9.59 Å². The summed E-state index contributed by atoms with van der Waals surface area (Å²) in [5.41, 5.74) is 3.60. The van der Waals surface area contributed by atoms with E-state index < -0.39 is 36.0 Å². The molecule has 43 heavy (non-hydrogen) atoms. The van der Waals surface area contributed by atoms with E-state index in [9.17, 15) is 27.6 Å². The zero-order valence-electron chi connectivity index (χ0n) is 22.9. The van der Waals surface area contributed by atoms with Gasteiger partial charge in [0.1, 0.15) is 18.0 Å². The fourth-order valence-corrected chi connectivity index (χ4v) is 5.00. The van der Waals surface area contributed by atoms with Gasteiger partial charge in [0, 0.05) is 18.7 Å². The lowest BCUT2D eigenvalue weighted by Gasteiger charge is -2.16. The van der Waals surface area contributed by atoms with E-state index in [4.69, 9.17) is 4.74 Å². The number of halogens is 3. The summed E-state index contributed by atoms with van der Waals surface area (Å²) in [6, 6.07) is 9.27. The molecule has 0 aliphatic heterocycles. The number of nitrogens with zero attached hydrogens (tertiary/aromatic N) is 3. The van der Waals surface area contributed by atoms with Gasteiger partial charge in [-0.2, -0.15) is 13.9 Å². The largest absolute Gasteiger partial charge is 0.458 e. The molecule has 1 aliphatic rings. The molecule has 4 aromatic rings. The second kappa shape index (κ2) is 12.3. The minimum absolute atomic E-state index is 0.0596. The molecule has 0 bridgehead atoms. The van der Waals surface area contributed by atoms with Crippen molar-refractivity contribution in [3.05, 3.63) is 106 Å². The van der Waals surface area contributed by atoms with Gasteiger partial charge >= 0.3 is 12.6 Å². The molecule has 0 saturated carbocycles. The number of amides is 2. The second-order valence-electron chi connectivity index (χ2n) is 9.71. The predicted molar refractivity (Wildman–Crippen MR) is 147 cm³/mol. The molecule has 0 radical (unpaired) electrons. The van der Waals surface area contributed by atoms with E-state index in [0.29, 0.717) is 24.0 Å². The molecule has 2 N–H and O–H groups in total. The van der Waals surface area contributed by atoms with Crippen LogP contribution in [0, 0.1) is 12.7 Å². The van der Waals surface area contributed by atoms with Crippen LogP contribution >= 0.6 is 0 Å². The van der Waals surface area contributed by atoms with E-state index in [1.165, 1.54) is 35.0 Å². The summed E-state index contributed by atoms with van der Waals surface area (Å²) in [4.78, 5) is 43.1. The average molecular weight is 594 g/mol. The molecule has 2 aromatic heterocycles. The normalized spacial score (nSPS) is 13.9. The Morgan fingerprint density at radius 3 is 2.74 bits per heavy atom. The number of benzene rings is 2. The van der Waals surface area contributed by atoms with Crippen molar-refractivity contribution >= 4 is 23.4 Å². The van der Waals surface area contributed by atoms with Crippen LogP contribution < -0.4 is 15.4 Å². The van der Waals surface area contributed by atoms with Crippen LogP contribution in [0.15, 0.2) is 61.3 Å². The Labute approximate surface area is 243 Å². The van der Waals surface area contributed by atoms with Crippen molar-refractivity contribution in [3.63, 3.8) is 0 Å². The summed E-state index contributed by atoms with van der Waals surface area (Å²) in [6.07, 6.45) is 4.17. The van der Waals surface area contributed by atoms with E-state index in [2.05, 4.69) is 32.0 Å². The first-order valence-electron chi connectivity index (χ1n) is 13.2. The third kappa shape index (κ3) is 6.20. The SMILES string of the molecule is C=CCOC(=O)c1ccc2c(c1C)CC[C@@H]2NC(=O)c1cc(C(=O)NCc2ccc(F)c(OC(F)F)c2)nc2ccnn12. The summed E-state index contributed by atoms with van der Waals surface area (Å²) in [5, 5.41) is 9.74. The molecule has 0 unspecified atom stereocenters. The van der Waals surface area contributed by atoms with E-state index in [-0.39, 0.29) is 36.2 Å². The van der Waals surface area contributed by atoms with Crippen molar-refractivity contribution < 1.29 is 37.0 Å². The van der Waals surface area contributed by atoms with Crippen LogP contribution in [0.5, 0.6) is 5.75 Å². The lowest BCUT2D eigenvalue weighted by atomic mass is 9.98. The third-order valence-electron chi connectivity index (χ3n) is 7.04. The summed E-state index contributed by atoms with van der Waals surface area (Å²) >= 11 is 0. The number of ether oxygens (including phenoxy) is 2. The van der Waals surface area contributed by atoms with Gasteiger partial charge < -0.3 is 20.1 Å². The molecule has 10 nitrogen and oxygen atoms in total. The van der Waals surface area contributed by atoms with Crippen LogP contribution in [0.2, 0.25) is 0 Å². The van der Waals surface area contributed by atoms with Gasteiger partial charge in [-0.1, -0.05) is 24.8 Å². The van der Waals surface area contributed by atoms with Crippen molar-refractivity contribution in [2.45, 2.75) is 39.0 Å². The number of carbonyl (C=O) groups excluding carboxylic acids is 3. The number of aromatic nitrogens is 3. The third-order valence-corrected chi connectivity index (χ3v) is 7.04. The highest BCUT2D eigenvalue weighted by atomic mass is 19.3. The molecule has 0 spiro atoms. The van der Waals surface area contributed by atoms with E-state index in [0.717, 1.165) is 28.8 Å². The number of rotatable bonds is 10. The molecule has 2 amide bonds. The second-order valence-corrected chi connectivity index (χ2v) is 9.71. The molecular formula is C30H26F3N5O5. The Morgan fingerprint density at radius 1 is 1.16 bits per heavy atom. The maximum atomic E-state index is 13.7. The number of hydrogen-bond donors (Lipinski definition) is 2. The van der Waals surface area contributed by atoms with Gasteiger partial charge in [-0.05, 0) is 60.2 Å². The van der Waals surface area contributed by atoms with Gasteiger partial charge in [-0.25, -0.2) is 18.7 Å². The first kappa shape index (κ1) is 29.3. The van der Waals surface area contributed by atoms with Gasteiger partial charge in [0.15, 0.2) is 17.2 Å². The van der Waals surface area contributed by atoms with E-state index in [1.807, 2.05) is 6.92 Å². The molecule has 222 valence electrons. The summed E-state index contributed by atoms with van der Waals surface area (Å²) in [6.45, 7) is 2.14. The quantitative estimate of drug-likeness (QED) is 0.205. The van der Waals surface area contributed by atoms with Crippen LogP contribution in [-0.4, -0.2) is 45.6 Å². The highest BCUT2D eigenvalue weighted by molar-refractivity contribution is 5.98. The molecular weight excluding hydrogens is 567 g/mol. The lowest BCUT2D eigenvalue weighted by Crippen LogP contribution is -2.30. The zero-order chi connectivity index (χ0) is 30.7. The Kier molecular flexibility index (Phi) is 8.41. The molecule has 1 atom stereocenters. The van der Waals surface area contributed by atoms with Crippen LogP contribution in [0.1, 0.15) is 66.1 Å². The Bertz CT molecular complexity index is 1740. The molecule has 13 heteroatoms. The van der Waals surface area contributed by atoms with Crippen molar-refractivity contribution in [3.8, 4) is 5.75 Å². The number of nitrogens with one attached hydrogen (secondary N) is 2. The fraction of sp³-hybridized carbons (Fsp3) is 0.233. The standard InChI is InChI=1S/C30H26F3N5O5/c1-3-12-42-29(41)19-5-6-20-18(16(19)2)7-9-22(20)37-28(40)24-14-23(36-26-10-11-35-38(24)26)27(39)34-15-17-4-8-21(31)25(13-17)43-30(32)33/h3-6,8,10-11,13-14,22,30H,1,7,9,12,15H2,2H3,(H,34,39)(H,37,40)/t22-/m0/s1. The van der Waals surface area contributed by atoms with Crippen LogP contribution in [-0.2, 0) is 17.7 Å². The number of alkyl halides is 2. The number of esters is 1. The first-order chi connectivity index (χ1) is 20.7. The summed E-state index contributed by atoms with van der Waals surface area (Å²) < 4.78 is 49.5. The van der Waals surface area contributed by atoms with Crippen molar-refractivity contribution in [1.29, 1.82) is 0 Å². The number of carbonyl (C=O) groups is 3. The Hall–Kier alpha value is -5.20. The van der Waals surface area contributed by atoms with Crippen molar-refractivity contribution in [1.82, 2.24) is 25.2 Å². The summed E-state index contributed by atoms with van der Waals surface area (Å²) in [7, 11) is 0.